The standard InChI is InChI=1S/C20H24FN5O2/c1-20(2,13-5-7-14(21)8-6-13)12-23-17-10-9-15(24-25-17)19(28)26-11-3-4-16(26)18(22)27/h5-10,16H,3-4,11-12H2,1-2H3,(H2,22,27)(H,23,25). The quantitative estimate of drug-likeness (QED) is 0.793. The maximum Gasteiger partial charge on any atom is 0.275 e. The minimum Gasteiger partial charge on any atom is -0.368 e. The third-order valence-electron chi connectivity index (χ3n) is 5.06. The Morgan fingerprint density at radius 3 is 2.54 bits per heavy atom. The van der Waals surface area contributed by atoms with Crippen LogP contribution in [0.2, 0.25) is 0 Å². The predicted octanol–water partition coefficient (Wildman–Crippen LogP) is 2.10. The van der Waals surface area contributed by atoms with Crippen LogP contribution in [-0.4, -0.2) is 46.0 Å². The number of carbonyl (C=O) groups is 2. The number of nitrogens with two attached hydrogens (primary N) is 1. The largest absolute Gasteiger partial charge is 0.368 e. The average Bonchev–Trinajstić information content (AvgIpc) is 3.17. The van der Waals surface area contributed by atoms with Crippen LogP contribution in [0.15, 0.2) is 36.4 Å². The summed E-state index contributed by atoms with van der Waals surface area (Å²) in [4.78, 5) is 25.5. The molecule has 1 aliphatic rings. The molecule has 8 heteroatoms. The summed E-state index contributed by atoms with van der Waals surface area (Å²) in [5, 5.41) is 11.3. The predicted molar refractivity (Wildman–Crippen MR) is 103 cm³/mol. The highest BCUT2D eigenvalue weighted by molar-refractivity contribution is 5.96. The van der Waals surface area contributed by atoms with Crippen LogP contribution in [0.3, 0.4) is 0 Å². The SMILES string of the molecule is CC(C)(CNc1ccc(C(=O)N2CCCC2C(N)=O)nn1)c1ccc(F)cc1. The van der Waals surface area contributed by atoms with E-state index in [1.807, 2.05) is 13.8 Å². The summed E-state index contributed by atoms with van der Waals surface area (Å²) in [5.74, 6) is -0.582. The van der Waals surface area contributed by atoms with Gasteiger partial charge in [0.1, 0.15) is 17.7 Å². The third kappa shape index (κ3) is 4.27. The molecule has 3 rings (SSSR count). The number of nitrogens with one attached hydrogen (secondary N) is 1. The molecule has 1 unspecified atom stereocenters. The molecule has 28 heavy (non-hydrogen) atoms. The van der Waals surface area contributed by atoms with Crippen molar-refractivity contribution in [3.05, 3.63) is 53.5 Å². The van der Waals surface area contributed by atoms with Crippen LogP contribution in [0.5, 0.6) is 0 Å². The van der Waals surface area contributed by atoms with E-state index >= 15 is 0 Å². The van der Waals surface area contributed by atoms with Gasteiger partial charge in [-0.3, -0.25) is 9.59 Å². The van der Waals surface area contributed by atoms with Gasteiger partial charge < -0.3 is 16.0 Å². The highest BCUT2D eigenvalue weighted by atomic mass is 19.1. The molecule has 1 atom stereocenters. The molecule has 2 amide bonds. The van der Waals surface area contributed by atoms with Gasteiger partial charge in [-0.2, -0.15) is 0 Å². The molecule has 7 nitrogen and oxygen atoms in total. The first-order chi connectivity index (χ1) is 13.3. The Balaban J connectivity index is 1.63. The molecular weight excluding hydrogens is 361 g/mol. The number of halogens is 1. The van der Waals surface area contributed by atoms with Crippen molar-refractivity contribution in [3.63, 3.8) is 0 Å². The lowest BCUT2D eigenvalue weighted by Gasteiger charge is -2.26. The molecule has 1 aromatic heterocycles. The first-order valence-electron chi connectivity index (χ1n) is 9.22. The lowest BCUT2D eigenvalue weighted by molar-refractivity contribution is -0.121. The van der Waals surface area contributed by atoms with Gasteiger partial charge in [-0.1, -0.05) is 26.0 Å². The van der Waals surface area contributed by atoms with Crippen molar-refractivity contribution in [2.75, 3.05) is 18.4 Å². The number of primary amides is 1. The zero-order chi connectivity index (χ0) is 20.3. The molecule has 0 bridgehead atoms. The number of anilines is 1. The van der Waals surface area contributed by atoms with Crippen molar-refractivity contribution in [1.29, 1.82) is 0 Å². The molecule has 148 valence electrons. The minimum atomic E-state index is -0.580. The number of benzene rings is 1. The van der Waals surface area contributed by atoms with Crippen molar-refractivity contribution in [1.82, 2.24) is 15.1 Å². The number of carbonyl (C=O) groups excluding carboxylic acids is 2. The molecular formula is C20H24FN5O2. The third-order valence-corrected chi connectivity index (χ3v) is 5.06. The van der Waals surface area contributed by atoms with Gasteiger partial charge in [0.2, 0.25) is 5.91 Å². The maximum atomic E-state index is 13.1. The average molecular weight is 385 g/mol. The van der Waals surface area contributed by atoms with Gasteiger partial charge in [-0.15, -0.1) is 10.2 Å². The number of nitrogens with zero attached hydrogens (tertiary/aromatic N) is 3. The zero-order valence-electron chi connectivity index (χ0n) is 16.0. The summed E-state index contributed by atoms with van der Waals surface area (Å²) in [6.07, 6.45) is 1.32. The summed E-state index contributed by atoms with van der Waals surface area (Å²) in [6.45, 7) is 5.11. The summed E-state index contributed by atoms with van der Waals surface area (Å²) in [6, 6.07) is 9.08. The van der Waals surface area contributed by atoms with Crippen LogP contribution in [0.1, 0.15) is 42.7 Å². The fourth-order valence-electron chi connectivity index (χ4n) is 3.31. The van der Waals surface area contributed by atoms with Crippen LogP contribution in [-0.2, 0) is 10.2 Å². The van der Waals surface area contributed by atoms with Gasteiger partial charge in [0, 0.05) is 18.5 Å². The molecule has 0 aliphatic carbocycles. The van der Waals surface area contributed by atoms with Crippen LogP contribution in [0, 0.1) is 5.82 Å². The molecule has 0 saturated carbocycles. The minimum absolute atomic E-state index is 0.177. The summed E-state index contributed by atoms with van der Waals surface area (Å²) < 4.78 is 13.1. The lowest BCUT2D eigenvalue weighted by atomic mass is 9.84. The summed E-state index contributed by atoms with van der Waals surface area (Å²) in [5.41, 5.74) is 6.28. The molecule has 0 spiro atoms. The van der Waals surface area contributed by atoms with Gasteiger partial charge in [-0.05, 0) is 42.7 Å². The molecule has 3 N–H and O–H groups in total. The van der Waals surface area contributed by atoms with E-state index < -0.39 is 11.9 Å². The number of rotatable bonds is 6. The van der Waals surface area contributed by atoms with E-state index in [2.05, 4.69) is 15.5 Å². The van der Waals surface area contributed by atoms with Crippen molar-refractivity contribution in [2.24, 2.45) is 5.73 Å². The zero-order valence-corrected chi connectivity index (χ0v) is 16.0. The molecule has 2 aromatic rings. The fraction of sp³-hybridized carbons (Fsp3) is 0.400. The number of likely N-dealkylation sites (tertiary alicyclic amines) is 1. The van der Waals surface area contributed by atoms with Crippen LogP contribution < -0.4 is 11.1 Å². The Kier molecular flexibility index (Phi) is 5.58. The topological polar surface area (TPSA) is 101 Å². The van der Waals surface area contributed by atoms with Gasteiger partial charge in [0.25, 0.3) is 5.91 Å². The normalized spacial score (nSPS) is 16.8. The smallest absolute Gasteiger partial charge is 0.275 e. The molecule has 1 aliphatic heterocycles. The highest BCUT2D eigenvalue weighted by Crippen LogP contribution is 2.24. The van der Waals surface area contributed by atoms with Crippen LogP contribution in [0.4, 0.5) is 10.2 Å². The first-order valence-corrected chi connectivity index (χ1v) is 9.22. The van der Waals surface area contributed by atoms with Crippen molar-refractivity contribution in [2.45, 2.75) is 38.1 Å². The van der Waals surface area contributed by atoms with E-state index in [4.69, 9.17) is 5.73 Å². The number of hydrogen-bond acceptors (Lipinski definition) is 5. The van der Waals surface area contributed by atoms with Gasteiger partial charge in [-0.25, -0.2) is 4.39 Å². The number of hydrogen-bond donors (Lipinski definition) is 2. The van der Waals surface area contributed by atoms with Crippen molar-refractivity contribution in [3.8, 4) is 0 Å². The fourth-order valence-corrected chi connectivity index (χ4v) is 3.31. The van der Waals surface area contributed by atoms with Gasteiger partial charge in [0.15, 0.2) is 5.69 Å². The summed E-state index contributed by atoms with van der Waals surface area (Å²) in [7, 11) is 0. The van der Waals surface area contributed by atoms with E-state index in [-0.39, 0.29) is 22.8 Å². The molecule has 1 saturated heterocycles. The van der Waals surface area contributed by atoms with Gasteiger partial charge >= 0.3 is 0 Å². The molecule has 2 heterocycles. The van der Waals surface area contributed by atoms with E-state index in [0.29, 0.717) is 25.3 Å². The number of aromatic nitrogens is 2. The Morgan fingerprint density at radius 1 is 1.21 bits per heavy atom. The monoisotopic (exact) mass is 385 g/mol. The van der Waals surface area contributed by atoms with E-state index in [9.17, 15) is 14.0 Å². The van der Waals surface area contributed by atoms with Crippen molar-refractivity contribution >= 4 is 17.6 Å². The number of amides is 2. The Labute approximate surface area is 163 Å². The second kappa shape index (κ2) is 7.92. The van der Waals surface area contributed by atoms with E-state index in [1.54, 1.807) is 24.3 Å². The second-order valence-electron chi connectivity index (χ2n) is 7.61. The van der Waals surface area contributed by atoms with Crippen LogP contribution in [0.25, 0.3) is 0 Å². The second-order valence-corrected chi connectivity index (χ2v) is 7.61. The lowest BCUT2D eigenvalue weighted by Crippen LogP contribution is -2.44. The Hall–Kier alpha value is -3.03. The Bertz CT molecular complexity index is 852. The van der Waals surface area contributed by atoms with E-state index in [0.717, 1.165) is 12.0 Å². The highest BCUT2D eigenvalue weighted by Gasteiger charge is 2.33. The van der Waals surface area contributed by atoms with Crippen LogP contribution >= 0.6 is 0 Å². The Morgan fingerprint density at radius 2 is 1.93 bits per heavy atom. The summed E-state index contributed by atoms with van der Waals surface area (Å²) >= 11 is 0. The first kappa shape index (κ1) is 19.7. The van der Waals surface area contributed by atoms with E-state index in [1.165, 1.54) is 17.0 Å². The molecule has 0 radical (unpaired) electrons. The van der Waals surface area contributed by atoms with Gasteiger partial charge in [0.05, 0.1) is 0 Å². The maximum absolute atomic E-state index is 13.1. The molecule has 1 aromatic carbocycles. The molecule has 1 fully saturated rings. The van der Waals surface area contributed by atoms with Crippen molar-refractivity contribution < 1.29 is 14.0 Å².